The Morgan fingerprint density at radius 3 is 2.50 bits per heavy atom. The maximum absolute atomic E-state index is 4.41. The Kier molecular flexibility index (Phi) is 3.67. The second kappa shape index (κ2) is 5.40. The summed E-state index contributed by atoms with van der Waals surface area (Å²) in [5.74, 6) is 0.756. The lowest BCUT2D eigenvalue weighted by Crippen LogP contribution is -1.87. The van der Waals surface area contributed by atoms with Gasteiger partial charge in [0.25, 0.3) is 0 Å². The zero-order valence-electron chi connectivity index (χ0n) is 10.8. The van der Waals surface area contributed by atoms with Crippen LogP contribution in [0.15, 0.2) is 36.5 Å². The topological polar surface area (TPSA) is 54.5 Å². The van der Waals surface area contributed by atoms with E-state index in [9.17, 15) is 0 Å². The van der Waals surface area contributed by atoms with E-state index in [1.807, 2.05) is 51.1 Å². The first-order chi connectivity index (χ1) is 8.84. The van der Waals surface area contributed by atoms with E-state index in [-0.39, 0.29) is 0 Å². The van der Waals surface area contributed by atoms with Crippen molar-refractivity contribution in [2.75, 3.05) is 0 Å². The quantitative estimate of drug-likeness (QED) is 0.709. The summed E-state index contributed by atoms with van der Waals surface area (Å²) >= 11 is 0. The van der Waals surface area contributed by atoms with Crippen LogP contribution < -0.4 is 0 Å². The average Bonchev–Trinajstić information content (AvgIpc) is 2.85. The second-order valence-electron chi connectivity index (χ2n) is 3.62. The van der Waals surface area contributed by atoms with E-state index < -0.39 is 0 Å². The molecule has 0 bridgehead atoms. The minimum absolute atomic E-state index is 0.756. The molecule has 0 saturated heterocycles. The van der Waals surface area contributed by atoms with E-state index in [1.54, 1.807) is 6.20 Å². The minimum atomic E-state index is 0.756. The second-order valence-corrected chi connectivity index (χ2v) is 3.62. The van der Waals surface area contributed by atoms with Crippen molar-refractivity contribution in [3.05, 3.63) is 42.4 Å². The van der Waals surface area contributed by atoms with Crippen LogP contribution in [0.1, 0.15) is 19.7 Å². The number of nitrogens with one attached hydrogen (secondary N) is 1. The highest BCUT2D eigenvalue weighted by Crippen LogP contribution is 2.23. The molecule has 0 saturated carbocycles. The highest BCUT2D eigenvalue weighted by Gasteiger charge is 2.09. The molecule has 0 radical (unpaired) electrons. The molecule has 0 aliphatic rings. The van der Waals surface area contributed by atoms with E-state index in [0.29, 0.717) is 0 Å². The van der Waals surface area contributed by atoms with Gasteiger partial charge < -0.3 is 0 Å². The highest BCUT2D eigenvalue weighted by atomic mass is 15.1. The van der Waals surface area contributed by atoms with E-state index in [1.165, 1.54) is 0 Å². The van der Waals surface area contributed by atoms with Gasteiger partial charge in [-0.2, -0.15) is 5.10 Å². The van der Waals surface area contributed by atoms with Gasteiger partial charge in [-0.1, -0.05) is 44.2 Å². The van der Waals surface area contributed by atoms with Crippen molar-refractivity contribution >= 4 is 11.0 Å². The third-order valence-electron chi connectivity index (χ3n) is 2.47. The van der Waals surface area contributed by atoms with Crippen LogP contribution >= 0.6 is 0 Å². The van der Waals surface area contributed by atoms with Crippen LogP contribution in [-0.2, 0) is 0 Å². The van der Waals surface area contributed by atoms with Crippen LogP contribution in [0.4, 0.5) is 0 Å². The van der Waals surface area contributed by atoms with Gasteiger partial charge in [0.15, 0.2) is 0 Å². The number of nitrogens with zero attached hydrogens (tertiary/aromatic N) is 3. The first-order valence-corrected chi connectivity index (χ1v) is 6.08. The zero-order valence-corrected chi connectivity index (χ0v) is 10.8. The fourth-order valence-corrected chi connectivity index (χ4v) is 1.70. The molecule has 0 atom stereocenters. The lowest BCUT2D eigenvalue weighted by atomic mass is 10.1. The Balaban J connectivity index is 0.000000574. The fourth-order valence-electron chi connectivity index (χ4n) is 1.70. The van der Waals surface area contributed by atoms with Crippen molar-refractivity contribution in [1.29, 1.82) is 0 Å². The maximum Gasteiger partial charge on any atom is 0.126 e. The first-order valence-electron chi connectivity index (χ1n) is 6.08. The number of H-pyrrole nitrogens is 1. The number of hydrogen-bond donors (Lipinski definition) is 1. The van der Waals surface area contributed by atoms with Crippen molar-refractivity contribution in [2.24, 2.45) is 0 Å². The third kappa shape index (κ3) is 2.22. The predicted molar refractivity (Wildman–Crippen MR) is 73.2 cm³/mol. The molecule has 0 spiro atoms. The molecular formula is C14H16N4. The number of fused-ring (bicyclic) bond motifs is 1. The maximum atomic E-state index is 4.41. The molecule has 4 heteroatoms. The van der Waals surface area contributed by atoms with Crippen LogP contribution in [0, 0.1) is 6.92 Å². The standard InChI is InChI=1S/C12H10N4.C2H6/c1-8-13-7-10-12(14-8)11(16-15-10)9-5-3-2-4-6-9;1-2/h2-7H,1H3,(H,15,16);1-2H3. The Hall–Kier alpha value is -2.23. The summed E-state index contributed by atoms with van der Waals surface area (Å²) < 4.78 is 0. The Morgan fingerprint density at radius 2 is 1.78 bits per heavy atom. The molecule has 4 nitrogen and oxygen atoms in total. The van der Waals surface area contributed by atoms with E-state index in [2.05, 4.69) is 20.2 Å². The van der Waals surface area contributed by atoms with Crippen LogP contribution in [0.2, 0.25) is 0 Å². The molecule has 1 aromatic carbocycles. The van der Waals surface area contributed by atoms with Gasteiger partial charge in [0, 0.05) is 5.56 Å². The Bertz CT molecular complexity index is 629. The molecule has 0 fully saturated rings. The van der Waals surface area contributed by atoms with E-state index >= 15 is 0 Å². The minimum Gasteiger partial charge on any atom is -0.274 e. The van der Waals surface area contributed by atoms with Gasteiger partial charge in [0.1, 0.15) is 22.6 Å². The number of aromatic amines is 1. The smallest absolute Gasteiger partial charge is 0.126 e. The molecule has 3 aromatic rings. The summed E-state index contributed by atoms with van der Waals surface area (Å²) in [4.78, 5) is 8.54. The molecule has 0 unspecified atom stereocenters. The van der Waals surface area contributed by atoms with E-state index in [0.717, 1.165) is 28.1 Å². The molecule has 1 N–H and O–H groups in total. The van der Waals surface area contributed by atoms with Gasteiger partial charge in [-0.05, 0) is 6.92 Å². The number of aromatic nitrogens is 4. The van der Waals surface area contributed by atoms with Crippen LogP contribution in [-0.4, -0.2) is 20.2 Å². The molecule has 0 amide bonds. The number of rotatable bonds is 1. The van der Waals surface area contributed by atoms with Crippen LogP contribution in [0.25, 0.3) is 22.3 Å². The zero-order chi connectivity index (χ0) is 13.0. The first kappa shape index (κ1) is 12.2. The average molecular weight is 240 g/mol. The number of benzene rings is 1. The highest BCUT2D eigenvalue weighted by molar-refractivity contribution is 5.88. The molecule has 2 heterocycles. The molecule has 18 heavy (non-hydrogen) atoms. The summed E-state index contributed by atoms with van der Waals surface area (Å²) in [6.45, 7) is 5.88. The van der Waals surface area contributed by atoms with Gasteiger partial charge in [-0.25, -0.2) is 9.97 Å². The molecule has 2 aromatic heterocycles. The lowest BCUT2D eigenvalue weighted by Gasteiger charge is -1.96. The van der Waals surface area contributed by atoms with Crippen molar-refractivity contribution in [1.82, 2.24) is 20.2 Å². The summed E-state index contributed by atoms with van der Waals surface area (Å²) in [5, 5.41) is 7.22. The molecule has 0 aliphatic carbocycles. The van der Waals surface area contributed by atoms with Gasteiger partial charge in [0.2, 0.25) is 0 Å². The van der Waals surface area contributed by atoms with Crippen molar-refractivity contribution < 1.29 is 0 Å². The fraction of sp³-hybridized carbons (Fsp3) is 0.214. The lowest BCUT2D eigenvalue weighted by molar-refractivity contribution is 1.08. The molecule has 0 aliphatic heterocycles. The molecule has 3 rings (SSSR count). The van der Waals surface area contributed by atoms with Gasteiger partial charge in [-0.3, -0.25) is 5.10 Å². The summed E-state index contributed by atoms with van der Waals surface area (Å²) in [7, 11) is 0. The summed E-state index contributed by atoms with van der Waals surface area (Å²) in [6.07, 6.45) is 1.76. The van der Waals surface area contributed by atoms with Crippen molar-refractivity contribution in [3.63, 3.8) is 0 Å². The van der Waals surface area contributed by atoms with Crippen LogP contribution in [0.3, 0.4) is 0 Å². The van der Waals surface area contributed by atoms with Gasteiger partial charge >= 0.3 is 0 Å². The SMILES string of the molecule is CC.Cc1ncc2[nH]nc(-c3ccccc3)c2n1. The number of aryl methyl sites for hydroxylation is 1. The largest absolute Gasteiger partial charge is 0.274 e. The van der Waals surface area contributed by atoms with Crippen LogP contribution in [0.5, 0.6) is 0 Å². The number of hydrogen-bond acceptors (Lipinski definition) is 3. The summed E-state index contributed by atoms with van der Waals surface area (Å²) in [6, 6.07) is 10.0. The van der Waals surface area contributed by atoms with Gasteiger partial charge in [-0.15, -0.1) is 0 Å². The summed E-state index contributed by atoms with van der Waals surface area (Å²) in [5.41, 5.74) is 3.68. The third-order valence-corrected chi connectivity index (χ3v) is 2.47. The van der Waals surface area contributed by atoms with Crippen molar-refractivity contribution in [3.8, 4) is 11.3 Å². The predicted octanol–water partition coefficient (Wildman–Crippen LogP) is 3.35. The molecule has 92 valence electrons. The Labute approximate surface area is 106 Å². The normalized spacial score (nSPS) is 9.94. The Morgan fingerprint density at radius 1 is 1.06 bits per heavy atom. The van der Waals surface area contributed by atoms with Gasteiger partial charge in [0.05, 0.1) is 6.20 Å². The monoisotopic (exact) mass is 240 g/mol. The van der Waals surface area contributed by atoms with Crippen molar-refractivity contribution in [2.45, 2.75) is 20.8 Å². The van der Waals surface area contributed by atoms with E-state index in [4.69, 9.17) is 0 Å². The molecular weight excluding hydrogens is 224 g/mol.